The van der Waals surface area contributed by atoms with Crippen LogP contribution in [0.5, 0.6) is 5.75 Å². The van der Waals surface area contributed by atoms with E-state index in [0.29, 0.717) is 18.6 Å². The summed E-state index contributed by atoms with van der Waals surface area (Å²) < 4.78 is 6.02. The van der Waals surface area contributed by atoms with Gasteiger partial charge in [-0.2, -0.15) is 5.26 Å². The molecule has 3 nitrogen and oxygen atoms in total. The number of ether oxygens (including phenoxy) is 1. The van der Waals surface area contributed by atoms with E-state index in [4.69, 9.17) is 4.74 Å². The molecular weight excluding hydrogens is 248 g/mol. The molecule has 1 aromatic carbocycles. The highest BCUT2D eigenvalue weighted by Crippen LogP contribution is 2.41. The fraction of sp³-hybridized carbons (Fsp3) is 0.588. The van der Waals surface area contributed by atoms with Crippen LogP contribution in [0.2, 0.25) is 0 Å². The van der Waals surface area contributed by atoms with Crippen molar-refractivity contribution >= 4 is 0 Å². The number of nitrogens with one attached hydrogen (secondary N) is 1. The van der Waals surface area contributed by atoms with Crippen molar-refractivity contribution in [3.8, 4) is 11.8 Å². The average Bonchev–Trinajstić information content (AvgIpc) is 3.31. The largest absolute Gasteiger partial charge is 0.490 e. The van der Waals surface area contributed by atoms with Crippen LogP contribution < -0.4 is 10.1 Å². The van der Waals surface area contributed by atoms with Gasteiger partial charge in [0.15, 0.2) is 0 Å². The second kappa shape index (κ2) is 5.10. The highest BCUT2D eigenvalue weighted by atomic mass is 16.5. The van der Waals surface area contributed by atoms with E-state index >= 15 is 0 Å². The van der Waals surface area contributed by atoms with Gasteiger partial charge in [-0.15, -0.1) is 0 Å². The monoisotopic (exact) mass is 270 g/mol. The Hall–Kier alpha value is -1.53. The smallest absolute Gasteiger partial charge is 0.144 e. The molecule has 1 atom stereocenters. The van der Waals surface area contributed by atoms with Gasteiger partial charge in [-0.1, -0.05) is 12.1 Å². The molecule has 106 valence electrons. The molecule has 0 radical (unpaired) electrons. The van der Waals surface area contributed by atoms with Gasteiger partial charge in [0, 0.05) is 6.04 Å². The van der Waals surface area contributed by atoms with E-state index in [-0.39, 0.29) is 0 Å². The second-order valence-corrected chi connectivity index (χ2v) is 6.26. The van der Waals surface area contributed by atoms with Crippen LogP contribution in [0.15, 0.2) is 18.2 Å². The number of nitriles is 1. The Bertz CT molecular complexity index is 540. The predicted molar refractivity (Wildman–Crippen MR) is 78.6 cm³/mol. The molecule has 2 saturated carbocycles. The summed E-state index contributed by atoms with van der Waals surface area (Å²) in [5, 5.41) is 13.2. The van der Waals surface area contributed by atoms with Crippen molar-refractivity contribution in [3.63, 3.8) is 0 Å². The Morgan fingerprint density at radius 1 is 1.30 bits per heavy atom. The van der Waals surface area contributed by atoms with Crippen molar-refractivity contribution in [2.45, 2.75) is 51.1 Å². The van der Waals surface area contributed by atoms with E-state index in [2.05, 4.69) is 31.3 Å². The lowest BCUT2D eigenvalue weighted by atomic mass is 9.95. The fourth-order valence-electron chi connectivity index (χ4n) is 2.67. The summed E-state index contributed by atoms with van der Waals surface area (Å²) >= 11 is 0. The number of benzene rings is 1. The van der Waals surface area contributed by atoms with Crippen LogP contribution in [0.1, 0.15) is 36.8 Å². The molecular formula is C17H22N2O. The third kappa shape index (κ3) is 2.66. The van der Waals surface area contributed by atoms with Crippen molar-refractivity contribution in [2.24, 2.45) is 5.92 Å². The van der Waals surface area contributed by atoms with E-state index in [9.17, 15) is 5.26 Å². The van der Waals surface area contributed by atoms with Crippen LogP contribution in [0, 0.1) is 31.1 Å². The van der Waals surface area contributed by atoms with E-state index < -0.39 is 5.54 Å². The molecule has 0 saturated heterocycles. The first-order valence-corrected chi connectivity index (χ1v) is 7.52. The standard InChI is InChI=1S/C17H22N2O/c1-12-4-3-5-16(13(12)2)20-11-17(10-18,14-6-7-14)19-15-8-9-15/h3-5,14-15,19H,6-9,11H2,1-2H3. The summed E-state index contributed by atoms with van der Waals surface area (Å²) in [5.41, 5.74) is 1.91. The number of nitrogens with zero attached hydrogens (tertiary/aromatic N) is 1. The number of rotatable bonds is 6. The van der Waals surface area contributed by atoms with Crippen molar-refractivity contribution in [1.82, 2.24) is 5.32 Å². The maximum absolute atomic E-state index is 9.67. The van der Waals surface area contributed by atoms with Crippen LogP contribution >= 0.6 is 0 Å². The third-order valence-corrected chi connectivity index (χ3v) is 4.52. The quantitative estimate of drug-likeness (QED) is 0.864. The van der Waals surface area contributed by atoms with Gasteiger partial charge in [0.1, 0.15) is 17.9 Å². The molecule has 1 aromatic rings. The molecule has 0 heterocycles. The van der Waals surface area contributed by atoms with Gasteiger partial charge in [-0.3, -0.25) is 5.32 Å². The van der Waals surface area contributed by atoms with Crippen LogP contribution in [0.4, 0.5) is 0 Å². The maximum Gasteiger partial charge on any atom is 0.144 e. The minimum Gasteiger partial charge on any atom is -0.490 e. The molecule has 1 unspecified atom stereocenters. The lowest BCUT2D eigenvalue weighted by Crippen LogP contribution is -2.52. The van der Waals surface area contributed by atoms with Gasteiger partial charge in [0.25, 0.3) is 0 Å². The molecule has 2 aliphatic carbocycles. The summed E-state index contributed by atoms with van der Waals surface area (Å²) in [7, 11) is 0. The summed E-state index contributed by atoms with van der Waals surface area (Å²) in [5.74, 6) is 1.36. The minimum atomic E-state index is -0.489. The summed E-state index contributed by atoms with van der Waals surface area (Å²) in [6.07, 6.45) is 4.67. The first kappa shape index (κ1) is 13.5. The van der Waals surface area contributed by atoms with Crippen molar-refractivity contribution in [2.75, 3.05) is 6.61 Å². The van der Waals surface area contributed by atoms with Gasteiger partial charge in [0.2, 0.25) is 0 Å². The van der Waals surface area contributed by atoms with Crippen molar-refractivity contribution in [1.29, 1.82) is 5.26 Å². The molecule has 0 aromatic heterocycles. The lowest BCUT2D eigenvalue weighted by Gasteiger charge is -2.28. The van der Waals surface area contributed by atoms with Gasteiger partial charge >= 0.3 is 0 Å². The molecule has 0 amide bonds. The van der Waals surface area contributed by atoms with Crippen LogP contribution in [-0.4, -0.2) is 18.2 Å². The lowest BCUT2D eigenvalue weighted by molar-refractivity contribution is 0.199. The Morgan fingerprint density at radius 3 is 2.65 bits per heavy atom. The van der Waals surface area contributed by atoms with Crippen molar-refractivity contribution < 1.29 is 4.74 Å². The normalized spacial score (nSPS) is 21.1. The molecule has 3 heteroatoms. The zero-order valence-electron chi connectivity index (χ0n) is 12.3. The number of aryl methyl sites for hydroxylation is 1. The van der Waals surface area contributed by atoms with Crippen LogP contribution in [0.3, 0.4) is 0 Å². The summed E-state index contributed by atoms with van der Waals surface area (Å²) in [6, 6.07) is 9.13. The second-order valence-electron chi connectivity index (χ2n) is 6.26. The number of hydrogen-bond donors (Lipinski definition) is 1. The molecule has 0 aliphatic heterocycles. The van der Waals surface area contributed by atoms with Gasteiger partial charge in [-0.25, -0.2) is 0 Å². The van der Waals surface area contributed by atoms with Crippen LogP contribution in [0.25, 0.3) is 0 Å². The zero-order chi connectivity index (χ0) is 14.2. The molecule has 20 heavy (non-hydrogen) atoms. The third-order valence-electron chi connectivity index (χ3n) is 4.52. The molecule has 3 rings (SSSR count). The summed E-state index contributed by atoms with van der Waals surface area (Å²) in [6.45, 7) is 4.61. The molecule has 0 bridgehead atoms. The summed E-state index contributed by atoms with van der Waals surface area (Å²) in [4.78, 5) is 0. The molecule has 2 aliphatic rings. The SMILES string of the molecule is Cc1cccc(OCC(C#N)(NC2CC2)C2CC2)c1C. The van der Waals surface area contributed by atoms with Crippen molar-refractivity contribution in [3.05, 3.63) is 29.3 Å². The Balaban J connectivity index is 1.73. The highest BCUT2D eigenvalue weighted by Gasteiger charge is 2.49. The van der Waals surface area contributed by atoms with Gasteiger partial charge < -0.3 is 4.74 Å². The molecule has 2 fully saturated rings. The first-order valence-electron chi connectivity index (χ1n) is 7.52. The zero-order valence-corrected chi connectivity index (χ0v) is 12.3. The van der Waals surface area contributed by atoms with Gasteiger partial charge in [-0.05, 0) is 62.6 Å². The Labute approximate surface area is 120 Å². The van der Waals surface area contributed by atoms with E-state index in [0.717, 1.165) is 18.6 Å². The molecule has 1 N–H and O–H groups in total. The van der Waals surface area contributed by atoms with Gasteiger partial charge in [0.05, 0.1) is 6.07 Å². The minimum absolute atomic E-state index is 0.453. The molecule has 0 spiro atoms. The Morgan fingerprint density at radius 2 is 2.05 bits per heavy atom. The van der Waals surface area contributed by atoms with E-state index in [1.54, 1.807) is 0 Å². The topological polar surface area (TPSA) is 45.0 Å². The van der Waals surface area contributed by atoms with E-state index in [1.165, 1.54) is 24.0 Å². The Kier molecular flexibility index (Phi) is 3.43. The maximum atomic E-state index is 9.67. The average molecular weight is 270 g/mol. The van der Waals surface area contributed by atoms with E-state index in [1.807, 2.05) is 12.1 Å². The number of hydrogen-bond acceptors (Lipinski definition) is 3. The fourth-order valence-corrected chi connectivity index (χ4v) is 2.67. The van der Waals surface area contributed by atoms with Crippen LogP contribution in [-0.2, 0) is 0 Å². The predicted octanol–water partition coefficient (Wildman–Crippen LogP) is 3.11. The first-order chi connectivity index (χ1) is 9.64. The highest BCUT2D eigenvalue weighted by molar-refractivity contribution is 5.38.